The Hall–Kier alpha value is -0.721. The van der Waals surface area contributed by atoms with Crippen molar-refractivity contribution >= 4 is 8.03 Å². The topological polar surface area (TPSA) is 40.1 Å². The monoisotopic (exact) mass is 290 g/mol. The molecule has 0 saturated carbocycles. The van der Waals surface area contributed by atoms with E-state index < -0.39 is 8.03 Å². The Bertz CT molecular complexity index is 364. The molecular weight excluding hydrogens is 275 g/mol. The Morgan fingerprint density at radius 1 is 1.29 bits per heavy atom. The van der Waals surface area contributed by atoms with Crippen LogP contribution in [0.3, 0.4) is 0 Å². The van der Waals surface area contributed by atoms with Gasteiger partial charge in [0.2, 0.25) is 0 Å². The largest absolute Gasteiger partial charge is 2.00 e. The SMILES string of the molecule is CC(C[P+](=O)[O-])c1cc[cH-]c1.[Fe+2].c1cc[cH-]c1. The molecule has 2 nitrogen and oxygen atoms in total. The molecule has 0 N–H and O–H groups in total. The molecule has 0 aromatic heterocycles. The van der Waals surface area contributed by atoms with Crippen molar-refractivity contribution in [1.29, 1.82) is 0 Å². The molecule has 0 fully saturated rings. The van der Waals surface area contributed by atoms with E-state index in [9.17, 15) is 9.46 Å². The number of hydrogen-bond acceptors (Lipinski definition) is 2. The van der Waals surface area contributed by atoms with Crippen LogP contribution in [0.5, 0.6) is 0 Å². The zero-order valence-electron chi connectivity index (χ0n) is 9.60. The number of rotatable bonds is 3. The zero-order valence-corrected chi connectivity index (χ0v) is 11.6. The average molecular weight is 290 g/mol. The first-order valence-corrected chi connectivity index (χ1v) is 6.56. The van der Waals surface area contributed by atoms with Crippen LogP contribution in [0.1, 0.15) is 18.4 Å². The minimum absolute atomic E-state index is 0. The summed E-state index contributed by atoms with van der Waals surface area (Å²) >= 11 is 0. The predicted octanol–water partition coefficient (Wildman–Crippen LogP) is 3.01. The van der Waals surface area contributed by atoms with Crippen LogP contribution in [0.2, 0.25) is 0 Å². The fourth-order valence-electron chi connectivity index (χ4n) is 1.37. The molecule has 0 aliphatic carbocycles. The van der Waals surface area contributed by atoms with Gasteiger partial charge in [-0.15, -0.1) is 0 Å². The van der Waals surface area contributed by atoms with Crippen molar-refractivity contribution in [2.45, 2.75) is 12.8 Å². The summed E-state index contributed by atoms with van der Waals surface area (Å²) in [6, 6.07) is 17.7. The Labute approximate surface area is 114 Å². The molecule has 0 amide bonds. The van der Waals surface area contributed by atoms with Crippen LogP contribution in [0.15, 0.2) is 54.6 Å². The van der Waals surface area contributed by atoms with E-state index in [2.05, 4.69) is 0 Å². The van der Waals surface area contributed by atoms with Crippen LogP contribution in [0.25, 0.3) is 0 Å². The second kappa shape index (κ2) is 9.32. The molecule has 92 valence electrons. The molecule has 17 heavy (non-hydrogen) atoms. The molecule has 0 aliphatic rings. The Morgan fingerprint density at radius 2 is 1.94 bits per heavy atom. The molecule has 0 heterocycles. The summed E-state index contributed by atoms with van der Waals surface area (Å²) in [5.74, 6) is 0.131. The summed E-state index contributed by atoms with van der Waals surface area (Å²) in [6.45, 7) is 1.92. The van der Waals surface area contributed by atoms with E-state index in [-0.39, 0.29) is 29.1 Å². The van der Waals surface area contributed by atoms with E-state index in [1.807, 2.05) is 61.5 Å². The maximum atomic E-state index is 10.3. The van der Waals surface area contributed by atoms with Gasteiger partial charge in [0.05, 0.1) is 0 Å². The second-order valence-corrected chi connectivity index (χ2v) is 4.63. The molecule has 0 aliphatic heterocycles. The molecule has 2 atom stereocenters. The molecule has 0 spiro atoms. The van der Waals surface area contributed by atoms with Gasteiger partial charge in [0.15, 0.2) is 0 Å². The van der Waals surface area contributed by atoms with E-state index in [0.29, 0.717) is 0 Å². The maximum absolute atomic E-state index is 10.3. The molecule has 0 saturated heterocycles. The zero-order chi connectivity index (χ0) is 11.8. The predicted molar refractivity (Wildman–Crippen MR) is 65.0 cm³/mol. The smallest absolute Gasteiger partial charge is 0.596 e. The molecule has 2 aromatic carbocycles. The van der Waals surface area contributed by atoms with Crippen molar-refractivity contribution in [2.75, 3.05) is 6.16 Å². The van der Waals surface area contributed by atoms with Crippen molar-refractivity contribution in [3.63, 3.8) is 0 Å². The fourth-order valence-corrected chi connectivity index (χ4v) is 2.03. The van der Waals surface area contributed by atoms with Gasteiger partial charge in [-0.3, -0.25) is 0 Å². The molecule has 2 rings (SSSR count). The average Bonchev–Trinajstić information content (AvgIpc) is 2.94. The molecule has 0 radical (unpaired) electrons. The summed E-state index contributed by atoms with van der Waals surface area (Å²) < 4.78 is 10.3. The standard InChI is InChI=1S/C8H10O2P.C5H5.Fe/c1-7(6-11(9)10)8-4-2-3-5-8;1-2-4-5-3-1;/h2-5,7H,6H2,1H3;1-5H;/q2*-1;+2. The van der Waals surface area contributed by atoms with Gasteiger partial charge in [-0.1, -0.05) is 11.5 Å². The van der Waals surface area contributed by atoms with Gasteiger partial charge >= 0.3 is 25.1 Å². The van der Waals surface area contributed by atoms with Crippen molar-refractivity contribution in [1.82, 2.24) is 0 Å². The van der Waals surface area contributed by atoms with Gasteiger partial charge < -0.3 is 4.89 Å². The van der Waals surface area contributed by atoms with Crippen LogP contribution < -0.4 is 4.89 Å². The van der Waals surface area contributed by atoms with Crippen molar-refractivity contribution in [3.8, 4) is 0 Å². The van der Waals surface area contributed by atoms with Crippen molar-refractivity contribution in [3.05, 3.63) is 60.2 Å². The van der Waals surface area contributed by atoms with Crippen LogP contribution in [0.4, 0.5) is 0 Å². The minimum Gasteiger partial charge on any atom is -0.596 e. The van der Waals surface area contributed by atoms with E-state index >= 15 is 0 Å². The van der Waals surface area contributed by atoms with Crippen LogP contribution in [0, 0.1) is 0 Å². The first-order chi connectivity index (χ1) is 7.70. The summed E-state index contributed by atoms with van der Waals surface area (Å²) in [4.78, 5) is 10.3. The molecule has 2 aromatic rings. The van der Waals surface area contributed by atoms with Crippen LogP contribution >= 0.6 is 8.03 Å². The van der Waals surface area contributed by atoms with Crippen LogP contribution in [-0.2, 0) is 21.6 Å². The molecular formula is C13H15FeO2P. The van der Waals surface area contributed by atoms with Crippen LogP contribution in [-0.4, -0.2) is 6.16 Å². The first-order valence-electron chi connectivity index (χ1n) is 5.20. The molecule has 2 unspecified atom stereocenters. The van der Waals surface area contributed by atoms with E-state index in [4.69, 9.17) is 0 Å². The van der Waals surface area contributed by atoms with Gasteiger partial charge in [-0.2, -0.15) is 42.0 Å². The van der Waals surface area contributed by atoms with E-state index in [0.717, 1.165) is 5.56 Å². The minimum atomic E-state index is -2.24. The molecule has 0 bridgehead atoms. The van der Waals surface area contributed by atoms with E-state index in [1.54, 1.807) is 0 Å². The summed E-state index contributed by atoms with van der Waals surface area (Å²) in [6.07, 6.45) is 0.249. The van der Waals surface area contributed by atoms with Crippen molar-refractivity contribution < 1.29 is 26.5 Å². The first kappa shape index (κ1) is 16.3. The summed E-state index contributed by atoms with van der Waals surface area (Å²) in [5.41, 5.74) is 1.10. The van der Waals surface area contributed by atoms with Gasteiger partial charge in [-0.25, -0.2) is 18.2 Å². The summed E-state index contributed by atoms with van der Waals surface area (Å²) in [5, 5.41) is 0. The third kappa shape index (κ3) is 7.25. The third-order valence-corrected chi connectivity index (χ3v) is 3.08. The Balaban J connectivity index is 0.000000360. The Morgan fingerprint density at radius 3 is 2.29 bits per heavy atom. The van der Waals surface area contributed by atoms with Gasteiger partial charge in [0, 0.05) is 0 Å². The number of hydrogen-bond donors (Lipinski definition) is 0. The van der Waals surface area contributed by atoms with Gasteiger partial charge in [0.25, 0.3) is 0 Å². The maximum Gasteiger partial charge on any atom is 2.00 e. The normalized spacial score (nSPS) is 11.8. The second-order valence-electron chi connectivity index (χ2n) is 3.60. The van der Waals surface area contributed by atoms with Gasteiger partial charge in [0.1, 0.15) is 6.16 Å². The fraction of sp³-hybridized carbons (Fsp3) is 0.231. The third-order valence-electron chi connectivity index (χ3n) is 2.24. The quantitative estimate of drug-likeness (QED) is 0.495. The summed E-state index contributed by atoms with van der Waals surface area (Å²) in [7, 11) is -2.24. The molecule has 4 heteroatoms. The van der Waals surface area contributed by atoms with Gasteiger partial charge in [-0.05, 0) is 5.92 Å². The Kier molecular flexibility index (Phi) is 8.93. The van der Waals surface area contributed by atoms with E-state index in [1.165, 1.54) is 0 Å². The van der Waals surface area contributed by atoms with Crippen molar-refractivity contribution in [2.24, 2.45) is 0 Å².